The Morgan fingerprint density at radius 1 is 1.11 bits per heavy atom. The second kappa shape index (κ2) is 9.77. The lowest BCUT2D eigenvalue weighted by Crippen LogP contribution is -2.41. The molecule has 0 bridgehead atoms. The number of unbranched alkanes of at least 4 members (excludes halogenated alkanes) is 1. The minimum absolute atomic E-state index is 0.340. The number of carbonyl (C=O) groups excluding carboxylic acids is 1. The van der Waals surface area contributed by atoms with E-state index in [1.807, 2.05) is 0 Å². The van der Waals surface area contributed by atoms with Gasteiger partial charge in [-0.1, -0.05) is 56.9 Å². The quantitative estimate of drug-likeness (QED) is 0.588. The zero-order chi connectivity index (χ0) is 19.1. The van der Waals surface area contributed by atoms with E-state index in [0.29, 0.717) is 18.4 Å². The highest BCUT2D eigenvalue weighted by Gasteiger charge is 2.25. The molecule has 3 rings (SSSR count). The standard InChI is InChI=1S/C24H34N2O/c1-3-4-16-24(27)26(22-13-6-5-7-14-22)19-23-15-10-17-25(23)18-21-12-9-8-11-20(21)2/h8-12,15,17,22H,3-7,13-14,16,18-19H2,1-2H3. The zero-order valence-corrected chi connectivity index (χ0v) is 17.0. The second-order valence-electron chi connectivity index (χ2n) is 7.97. The van der Waals surface area contributed by atoms with Crippen LogP contribution in [0.4, 0.5) is 0 Å². The van der Waals surface area contributed by atoms with E-state index >= 15 is 0 Å². The van der Waals surface area contributed by atoms with E-state index in [4.69, 9.17) is 0 Å². The maximum atomic E-state index is 13.0. The lowest BCUT2D eigenvalue weighted by atomic mass is 9.93. The van der Waals surface area contributed by atoms with Crippen LogP contribution in [0.3, 0.4) is 0 Å². The lowest BCUT2D eigenvalue weighted by Gasteiger charge is -2.35. The first-order valence-electron chi connectivity index (χ1n) is 10.7. The molecule has 2 aromatic rings. The van der Waals surface area contributed by atoms with Gasteiger partial charge in [0.15, 0.2) is 0 Å². The molecule has 1 fully saturated rings. The fourth-order valence-corrected chi connectivity index (χ4v) is 4.18. The van der Waals surface area contributed by atoms with Crippen LogP contribution in [0.15, 0.2) is 42.6 Å². The van der Waals surface area contributed by atoms with Crippen LogP contribution in [0.1, 0.15) is 75.1 Å². The summed E-state index contributed by atoms with van der Waals surface area (Å²) in [6, 6.07) is 13.3. The first kappa shape index (κ1) is 19.7. The third-order valence-corrected chi connectivity index (χ3v) is 5.94. The molecule has 0 radical (unpaired) electrons. The summed E-state index contributed by atoms with van der Waals surface area (Å²) in [5.41, 5.74) is 3.91. The molecule has 1 saturated carbocycles. The molecule has 1 aromatic carbocycles. The Morgan fingerprint density at radius 3 is 2.63 bits per heavy atom. The van der Waals surface area contributed by atoms with Crippen molar-refractivity contribution in [2.75, 3.05) is 0 Å². The molecule has 1 aromatic heterocycles. The number of hydrogen-bond donors (Lipinski definition) is 0. The van der Waals surface area contributed by atoms with E-state index in [0.717, 1.165) is 38.8 Å². The fraction of sp³-hybridized carbons (Fsp3) is 0.542. The number of aromatic nitrogens is 1. The molecular weight excluding hydrogens is 332 g/mol. The molecule has 0 N–H and O–H groups in total. The Balaban J connectivity index is 1.76. The normalized spacial score (nSPS) is 15.0. The van der Waals surface area contributed by atoms with Crippen molar-refractivity contribution in [1.82, 2.24) is 9.47 Å². The number of carbonyl (C=O) groups is 1. The van der Waals surface area contributed by atoms with Crippen molar-refractivity contribution in [3.05, 3.63) is 59.4 Å². The molecule has 1 heterocycles. The number of nitrogens with zero attached hydrogens (tertiary/aromatic N) is 2. The van der Waals surface area contributed by atoms with Crippen LogP contribution in [0, 0.1) is 6.92 Å². The Bertz CT molecular complexity index is 727. The molecule has 1 aliphatic rings. The average molecular weight is 367 g/mol. The minimum Gasteiger partial charge on any atom is -0.345 e. The Labute approximate surface area is 164 Å². The van der Waals surface area contributed by atoms with Gasteiger partial charge in [-0.05, 0) is 49.4 Å². The summed E-state index contributed by atoms with van der Waals surface area (Å²) in [5.74, 6) is 0.340. The van der Waals surface area contributed by atoms with Crippen molar-refractivity contribution in [3.8, 4) is 0 Å². The predicted molar refractivity (Wildman–Crippen MR) is 112 cm³/mol. The zero-order valence-electron chi connectivity index (χ0n) is 17.0. The van der Waals surface area contributed by atoms with Crippen molar-refractivity contribution in [3.63, 3.8) is 0 Å². The van der Waals surface area contributed by atoms with Gasteiger partial charge in [0.2, 0.25) is 5.91 Å². The van der Waals surface area contributed by atoms with Gasteiger partial charge in [0, 0.05) is 30.9 Å². The highest BCUT2D eigenvalue weighted by Crippen LogP contribution is 2.25. The monoisotopic (exact) mass is 366 g/mol. The van der Waals surface area contributed by atoms with Crippen molar-refractivity contribution in [2.24, 2.45) is 0 Å². The van der Waals surface area contributed by atoms with Crippen LogP contribution in [-0.4, -0.2) is 21.4 Å². The summed E-state index contributed by atoms with van der Waals surface area (Å²) >= 11 is 0. The van der Waals surface area contributed by atoms with Gasteiger partial charge in [-0.25, -0.2) is 0 Å². The van der Waals surface area contributed by atoms with E-state index in [9.17, 15) is 4.79 Å². The van der Waals surface area contributed by atoms with Gasteiger partial charge in [-0.2, -0.15) is 0 Å². The SMILES string of the molecule is CCCCC(=O)N(Cc1cccn1Cc1ccccc1C)C1CCCCC1. The van der Waals surface area contributed by atoms with Gasteiger partial charge in [0.05, 0.1) is 6.54 Å². The maximum absolute atomic E-state index is 13.0. The molecule has 1 aliphatic carbocycles. The fourth-order valence-electron chi connectivity index (χ4n) is 4.18. The van der Waals surface area contributed by atoms with Crippen LogP contribution >= 0.6 is 0 Å². The molecular formula is C24H34N2O. The Morgan fingerprint density at radius 2 is 1.89 bits per heavy atom. The molecule has 0 unspecified atom stereocenters. The van der Waals surface area contributed by atoms with Gasteiger partial charge in [0.25, 0.3) is 0 Å². The first-order valence-corrected chi connectivity index (χ1v) is 10.7. The molecule has 0 saturated heterocycles. The smallest absolute Gasteiger partial charge is 0.223 e. The molecule has 0 atom stereocenters. The van der Waals surface area contributed by atoms with Crippen LogP contribution in [-0.2, 0) is 17.9 Å². The predicted octanol–water partition coefficient (Wildman–Crippen LogP) is 5.70. The van der Waals surface area contributed by atoms with Crippen molar-refractivity contribution in [2.45, 2.75) is 84.3 Å². The largest absolute Gasteiger partial charge is 0.345 e. The number of hydrogen-bond acceptors (Lipinski definition) is 1. The Kier molecular flexibility index (Phi) is 7.14. The number of rotatable bonds is 8. The third kappa shape index (κ3) is 5.24. The highest BCUT2D eigenvalue weighted by atomic mass is 16.2. The van der Waals surface area contributed by atoms with Crippen LogP contribution in [0.2, 0.25) is 0 Å². The molecule has 27 heavy (non-hydrogen) atoms. The van der Waals surface area contributed by atoms with Crippen molar-refractivity contribution >= 4 is 5.91 Å². The topological polar surface area (TPSA) is 25.2 Å². The molecule has 3 heteroatoms. The van der Waals surface area contributed by atoms with E-state index < -0.39 is 0 Å². The van der Waals surface area contributed by atoms with E-state index in [-0.39, 0.29) is 0 Å². The summed E-state index contributed by atoms with van der Waals surface area (Å²) in [4.78, 5) is 15.2. The van der Waals surface area contributed by atoms with Gasteiger partial charge >= 0.3 is 0 Å². The maximum Gasteiger partial charge on any atom is 0.223 e. The van der Waals surface area contributed by atoms with Crippen molar-refractivity contribution in [1.29, 1.82) is 0 Å². The molecule has 1 amide bonds. The molecule has 3 nitrogen and oxygen atoms in total. The van der Waals surface area contributed by atoms with E-state index in [1.165, 1.54) is 36.1 Å². The third-order valence-electron chi connectivity index (χ3n) is 5.94. The van der Waals surface area contributed by atoms with Gasteiger partial charge in [-0.3, -0.25) is 4.79 Å². The average Bonchev–Trinajstić information content (AvgIpc) is 3.13. The minimum atomic E-state index is 0.340. The number of amides is 1. The highest BCUT2D eigenvalue weighted by molar-refractivity contribution is 5.76. The Hall–Kier alpha value is -2.03. The van der Waals surface area contributed by atoms with Crippen LogP contribution < -0.4 is 0 Å². The van der Waals surface area contributed by atoms with E-state index in [2.05, 4.69) is 65.9 Å². The van der Waals surface area contributed by atoms with Gasteiger partial charge < -0.3 is 9.47 Å². The molecule has 0 aliphatic heterocycles. The summed E-state index contributed by atoms with van der Waals surface area (Å²) in [5, 5.41) is 0. The number of aryl methyl sites for hydroxylation is 1. The molecule has 146 valence electrons. The van der Waals surface area contributed by atoms with Gasteiger partial charge in [-0.15, -0.1) is 0 Å². The summed E-state index contributed by atoms with van der Waals surface area (Å²) in [6.07, 6.45) is 11.1. The lowest BCUT2D eigenvalue weighted by molar-refractivity contribution is -0.135. The summed E-state index contributed by atoms with van der Waals surface area (Å²) < 4.78 is 2.31. The molecule has 0 spiro atoms. The van der Waals surface area contributed by atoms with Crippen LogP contribution in [0.5, 0.6) is 0 Å². The van der Waals surface area contributed by atoms with Crippen molar-refractivity contribution < 1.29 is 4.79 Å². The summed E-state index contributed by atoms with van der Waals surface area (Å²) in [6.45, 7) is 5.94. The number of benzene rings is 1. The van der Waals surface area contributed by atoms with Crippen LogP contribution in [0.25, 0.3) is 0 Å². The van der Waals surface area contributed by atoms with E-state index in [1.54, 1.807) is 0 Å². The first-order chi connectivity index (χ1) is 13.2. The summed E-state index contributed by atoms with van der Waals surface area (Å²) in [7, 11) is 0. The van der Waals surface area contributed by atoms with Gasteiger partial charge in [0.1, 0.15) is 0 Å². The second-order valence-corrected chi connectivity index (χ2v) is 7.97.